The van der Waals surface area contributed by atoms with Gasteiger partial charge in [-0.05, 0) is 52.9 Å². The van der Waals surface area contributed by atoms with E-state index < -0.39 is 11.8 Å². The van der Waals surface area contributed by atoms with E-state index in [0.717, 1.165) is 6.07 Å². The Morgan fingerprint density at radius 2 is 1.92 bits per heavy atom. The molecule has 0 saturated carbocycles. The fourth-order valence-corrected chi connectivity index (χ4v) is 2.07. The maximum atomic E-state index is 13.9. The predicted octanol–water partition coefficient (Wildman–Crippen LogP) is 1.98. The smallest absolute Gasteiger partial charge is 0.346 e. The molecule has 1 aromatic heterocycles. The van der Waals surface area contributed by atoms with E-state index in [2.05, 4.69) is 20.8 Å². The number of rotatable bonds is 4. The maximum absolute atomic E-state index is 13.9. The number of carbonyl (C=O) groups excluding carboxylic acids is 2. The zero-order chi connectivity index (χ0) is 17.8. The summed E-state index contributed by atoms with van der Waals surface area (Å²) in [5.74, 6) is -1.72. The first-order valence-electron chi connectivity index (χ1n) is 7.15. The highest BCUT2D eigenvalue weighted by atomic mass is 19.1. The molecule has 9 heteroatoms. The van der Waals surface area contributed by atoms with E-state index in [1.165, 1.54) is 42.2 Å². The summed E-state index contributed by atoms with van der Waals surface area (Å²) in [6.07, 6.45) is 1.42. The molecule has 25 heavy (non-hydrogen) atoms. The summed E-state index contributed by atoms with van der Waals surface area (Å²) in [5.41, 5.74) is 0.689. The number of anilines is 1. The molecule has 1 N–H and O–H groups in total. The van der Waals surface area contributed by atoms with Gasteiger partial charge in [-0.2, -0.15) is 0 Å². The Morgan fingerprint density at radius 1 is 1.16 bits per heavy atom. The number of benzene rings is 2. The summed E-state index contributed by atoms with van der Waals surface area (Å²) in [4.78, 5) is 23.2. The minimum Gasteiger partial charge on any atom is -0.423 e. The molecule has 0 bridgehead atoms. The normalized spacial score (nSPS) is 10.3. The number of nitrogens with one attached hydrogen (secondary N) is 1. The van der Waals surface area contributed by atoms with Crippen LogP contribution in [0.3, 0.4) is 0 Å². The first-order valence-corrected chi connectivity index (χ1v) is 7.15. The Labute approximate surface area is 141 Å². The highest BCUT2D eigenvalue weighted by Gasteiger charge is 2.15. The molecule has 3 rings (SSSR count). The number of carbonyl (C=O) groups is 2. The number of hydrogen-bond donors (Lipinski definition) is 1. The van der Waals surface area contributed by atoms with E-state index in [9.17, 15) is 14.0 Å². The fraction of sp³-hybridized carbons (Fsp3) is 0.0625. The molecule has 126 valence electrons. The molecule has 8 nitrogen and oxygen atoms in total. The molecule has 0 saturated heterocycles. The van der Waals surface area contributed by atoms with E-state index >= 15 is 0 Å². The van der Waals surface area contributed by atoms with Gasteiger partial charge < -0.3 is 10.1 Å². The second-order valence-corrected chi connectivity index (χ2v) is 5.01. The van der Waals surface area contributed by atoms with Gasteiger partial charge in [0.05, 0.1) is 11.3 Å². The van der Waals surface area contributed by atoms with E-state index in [0.29, 0.717) is 11.4 Å². The van der Waals surface area contributed by atoms with Crippen molar-refractivity contribution in [1.82, 2.24) is 20.2 Å². The second-order valence-electron chi connectivity index (χ2n) is 5.01. The SMILES string of the molecule is CC(=O)Nc1ccc(F)c(C(=O)Oc2ccc(-n3cnnn3)cc2)c1. The number of nitrogens with zero attached hydrogens (tertiary/aromatic N) is 4. The van der Waals surface area contributed by atoms with Crippen LogP contribution in [0.1, 0.15) is 17.3 Å². The summed E-state index contributed by atoms with van der Waals surface area (Å²) >= 11 is 0. The average Bonchev–Trinajstić information content (AvgIpc) is 3.11. The molecule has 1 amide bonds. The van der Waals surface area contributed by atoms with Crippen molar-refractivity contribution in [1.29, 1.82) is 0 Å². The average molecular weight is 341 g/mol. The van der Waals surface area contributed by atoms with Crippen molar-refractivity contribution in [3.05, 3.63) is 60.2 Å². The fourth-order valence-electron chi connectivity index (χ4n) is 2.07. The molecule has 0 aliphatic heterocycles. The van der Waals surface area contributed by atoms with Gasteiger partial charge in [0.1, 0.15) is 17.9 Å². The molecule has 0 unspecified atom stereocenters. The van der Waals surface area contributed by atoms with Gasteiger partial charge in [-0.1, -0.05) is 0 Å². The third-order valence-electron chi connectivity index (χ3n) is 3.17. The van der Waals surface area contributed by atoms with Gasteiger partial charge in [0.15, 0.2) is 0 Å². The summed E-state index contributed by atoms with van der Waals surface area (Å²) in [6, 6.07) is 10.0. The number of tetrazole rings is 1. The summed E-state index contributed by atoms with van der Waals surface area (Å²) in [7, 11) is 0. The largest absolute Gasteiger partial charge is 0.423 e. The van der Waals surface area contributed by atoms with Gasteiger partial charge in [0.2, 0.25) is 5.91 Å². The number of aromatic nitrogens is 4. The second kappa shape index (κ2) is 6.87. The Hall–Kier alpha value is -3.62. The molecule has 1 heterocycles. The van der Waals surface area contributed by atoms with Crippen LogP contribution in [-0.4, -0.2) is 32.1 Å². The lowest BCUT2D eigenvalue weighted by Gasteiger charge is -2.08. The van der Waals surface area contributed by atoms with Crippen molar-refractivity contribution in [3.8, 4) is 11.4 Å². The maximum Gasteiger partial charge on any atom is 0.346 e. The van der Waals surface area contributed by atoms with Crippen LogP contribution < -0.4 is 10.1 Å². The van der Waals surface area contributed by atoms with Gasteiger partial charge in [-0.15, -0.1) is 5.10 Å². The van der Waals surface area contributed by atoms with Crippen molar-refractivity contribution >= 4 is 17.6 Å². The van der Waals surface area contributed by atoms with Crippen LogP contribution >= 0.6 is 0 Å². The van der Waals surface area contributed by atoms with Crippen molar-refractivity contribution in [3.63, 3.8) is 0 Å². The molecular formula is C16H12FN5O3. The van der Waals surface area contributed by atoms with Crippen molar-refractivity contribution in [2.45, 2.75) is 6.92 Å². The number of amides is 1. The third-order valence-corrected chi connectivity index (χ3v) is 3.17. The van der Waals surface area contributed by atoms with Gasteiger partial charge in [-0.3, -0.25) is 4.79 Å². The number of hydrogen-bond acceptors (Lipinski definition) is 6. The third kappa shape index (κ3) is 3.83. The first kappa shape index (κ1) is 16.2. The standard InChI is InChI=1S/C16H12FN5O3/c1-10(23)19-11-2-7-15(17)14(8-11)16(24)25-13-5-3-12(4-6-13)22-9-18-20-21-22/h2-9H,1H3,(H,19,23). The van der Waals surface area contributed by atoms with Crippen LogP contribution in [-0.2, 0) is 4.79 Å². The molecule has 0 radical (unpaired) electrons. The zero-order valence-electron chi connectivity index (χ0n) is 13.0. The van der Waals surface area contributed by atoms with Crippen LogP contribution in [0.5, 0.6) is 5.75 Å². The molecular weight excluding hydrogens is 329 g/mol. The van der Waals surface area contributed by atoms with Crippen molar-refractivity contribution < 1.29 is 18.7 Å². The van der Waals surface area contributed by atoms with Crippen LogP contribution in [0.25, 0.3) is 5.69 Å². The zero-order valence-corrected chi connectivity index (χ0v) is 13.0. The van der Waals surface area contributed by atoms with Crippen LogP contribution in [0.4, 0.5) is 10.1 Å². The van der Waals surface area contributed by atoms with Gasteiger partial charge >= 0.3 is 5.97 Å². The minimum atomic E-state index is -0.875. The lowest BCUT2D eigenvalue weighted by Crippen LogP contribution is -2.13. The van der Waals surface area contributed by atoms with E-state index in [1.54, 1.807) is 12.1 Å². The number of esters is 1. The van der Waals surface area contributed by atoms with Crippen molar-refractivity contribution in [2.75, 3.05) is 5.32 Å². The van der Waals surface area contributed by atoms with Crippen LogP contribution in [0.15, 0.2) is 48.8 Å². The van der Waals surface area contributed by atoms with E-state index in [1.807, 2.05) is 0 Å². The summed E-state index contributed by atoms with van der Waals surface area (Å²) in [6.45, 7) is 1.31. The number of ether oxygens (including phenoxy) is 1. The first-order chi connectivity index (χ1) is 12.0. The Kier molecular flexibility index (Phi) is 4.46. The van der Waals surface area contributed by atoms with Crippen LogP contribution in [0, 0.1) is 5.82 Å². The molecule has 0 aliphatic rings. The molecule has 0 spiro atoms. The molecule has 2 aromatic carbocycles. The highest BCUT2D eigenvalue weighted by molar-refractivity contribution is 5.94. The van der Waals surface area contributed by atoms with Gasteiger partial charge in [-0.25, -0.2) is 13.9 Å². The lowest BCUT2D eigenvalue weighted by atomic mass is 10.2. The Morgan fingerprint density at radius 3 is 2.56 bits per heavy atom. The topological polar surface area (TPSA) is 99.0 Å². The van der Waals surface area contributed by atoms with E-state index in [4.69, 9.17) is 4.74 Å². The quantitative estimate of drug-likeness (QED) is 0.575. The molecule has 0 atom stereocenters. The lowest BCUT2D eigenvalue weighted by molar-refractivity contribution is -0.114. The minimum absolute atomic E-state index is 0.228. The summed E-state index contributed by atoms with van der Waals surface area (Å²) in [5, 5.41) is 13.3. The Balaban J connectivity index is 1.77. The van der Waals surface area contributed by atoms with Crippen molar-refractivity contribution in [2.24, 2.45) is 0 Å². The Bertz CT molecular complexity index is 910. The molecule has 0 aliphatic carbocycles. The van der Waals surface area contributed by atoms with Gasteiger partial charge in [0, 0.05) is 12.6 Å². The summed E-state index contributed by atoms with van der Waals surface area (Å²) < 4.78 is 20.5. The van der Waals surface area contributed by atoms with Gasteiger partial charge in [0.25, 0.3) is 0 Å². The monoisotopic (exact) mass is 341 g/mol. The van der Waals surface area contributed by atoms with Crippen LogP contribution in [0.2, 0.25) is 0 Å². The highest BCUT2D eigenvalue weighted by Crippen LogP contribution is 2.19. The van der Waals surface area contributed by atoms with E-state index in [-0.39, 0.29) is 17.2 Å². The predicted molar refractivity (Wildman–Crippen MR) is 84.8 cm³/mol. The number of halogens is 1. The molecule has 3 aromatic rings. The molecule has 0 fully saturated rings.